The highest BCUT2D eigenvalue weighted by Gasteiger charge is 2.77. The number of likely N-dealkylation sites (tertiary alicyclic amines) is 1. The molecule has 1 amide bonds. The number of nitrogens with zero attached hydrogens (tertiary/aromatic N) is 1. The second kappa shape index (κ2) is 4.56. The van der Waals surface area contributed by atoms with Crippen LogP contribution >= 0.6 is 15.9 Å². The molecule has 1 saturated heterocycles. The highest BCUT2D eigenvalue weighted by atomic mass is 79.9. The highest BCUT2D eigenvalue weighted by molar-refractivity contribution is 9.10. The molecule has 0 aromatic heterocycles. The Hall–Kier alpha value is -0.380. The molecule has 0 aromatic carbocycles. The fraction of sp³-hybridized carbons (Fsp3) is 0.882. The molecule has 0 aromatic rings. The standard InChI is InChI=1S/C17H26BrNO2/c1-11-5-9-19(10-6-11)14(21)17-8-7-16(4,15(17,2)3)13(20)12(17)18/h11-12H,5-10H2,1-4H3/t12-,16-,17+/m0/s1. The number of ketones is 1. The fourth-order valence-corrected chi connectivity index (χ4v) is 6.42. The Morgan fingerprint density at radius 2 is 1.76 bits per heavy atom. The van der Waals surface area contributed by atoms with Crippen molar-refractivity contribution in [1.82, 2.24) is 4.90 Å². The molecule has 2 bridgehead atoms. The average molecular weight is 356 g/mol. The third kappa shape index (κ3) is 1.66. The van der Waals surface area contributed by atoms with E-state index in [0.717, 1.165) is 38.8 Å². The quantitative estimate of drug-likeness (QED) is 0.676. The number of piperidine rings is 1. The number of hydrogen-bond acceptors (Lipinski definition) is 2. The van der Waals surface area contributed by atoms with Crippen LogP contribution in [0.2, 0.25) is 0 Å². The number of hydrogen-bond donors (Lipinski definition) is 0. The molecule has 0 N–H and O–H groups in total. The van der Waals surface area contributed by atoms with E-state index >= 15 is 0 Å². The average Bonchev–Trinajstić information content (AvgIpc) is 2.71. The van der Waals surface area contributed by atoms with Crippen molar-refractivity contribution in [3.8, 4) is 0 Å². The minimum atomic E-state index is -0.542. The summed E-state index contributed by atoms with van der Waals surface area (Å²) in [6, 6.07) is 0. The molecule has 3 aliphatic rings. The lowest BCUT2D eigenvalue weighted by Crippen LogP contribution is -2.54. The molecule has 21 heavy (non-hydrogen) atoms. The molecule has 3 fully saturated rings. The van der Waals surface area contributed by atoms with E-state index in [1.54, 1.807) is 0 Å². The third-order valence-electron chi connectivity index (χ3n) is 7.17. The predicted molar refractivity (Wildman–Crippen MR) is 86.3 cm³/mol. The summed E-state index contributed by atoms with van der Waals surface area (Å²) in [5.74, 6) is 1.16. The molecule has 0 unspecified atom stereocenters. The van der Waals surface area contributed by atoms with Crippen molar-refractivity contribution in [2.75, 3.05) is 13.1 Å². The molecule has 3 rings (SSSR count). The van der Waals surface area contributed by atoms with Crippen LogP contribution < -0.4 is 0 Å². The van der Waals surface area contributed by atoms with Gasteiger partial charge in [0.2, 0.25) is 5.91 Å². The van der Waals surface area contributed by atoms with Crippen molar-refractivity contribution in [2.45, 2.75) is 58.2 Å². The van der Waals surface area contributed by atoms with Crippen LogP contribution in [0.15, 0.2) is 0 Å². The van der Waals surface area contributed by atoms with Gasteiger partial charge in [-0.1, -0.05) is 43.6 Å². The largest absolute Gasteiger partial charge is 0.342 e. The van der Waals surface area contributed by atoms with Gasteiger partial charge in [0.1, 0.15) is 0 Å². The molecule has 0 radical (unpaired) electrons. The van der Waals surface area contributed by atoms with E-state index in [0.29, 0.717) is 5.92 Å². The number of carbonyl (C=O) groups is 2. The first-order valence-corrected chi connectivity index (χ1v) is 9.08. The molecular formula is C17H26BrNO2. The monoisotopic (exact) mass is 355 g/mol. The summed E-state index contributed by atoms with van der Waals surface area (Å²) in [6.07, 6.45) is 3.85. The van der Waals surface area contributed by atoms with Gasteiger partial charge in [-0.15, -0.1) is 0 Å². The van der Waals surface area contributed by atoms with E-state index in [9.17, 15) is 9.59 Å². The summed E-state index contributed by atoms with van der Waals surface area (Å²) in [5, 5.41) is 0. The molecule has 2 saturated carbocycles. The van der Waals surface area contributed by atoms with Crippen molar-refractivity contribution in [2.24, 2.45) is 22.2 Å². The molecule has 3 atom stereocenters. The van der Waals surface area contributed by atoms with Gasteiger partial charge in [0, 0.05) is 18.5 Å². The lowest BCUT2D eigenvalue weighted by molar-refractivity contribution is -0.148. The molecular weight excluding hydrogens is 330 g/mol. The van der Waals surface area contributed by atoms with Crippen LogP contribution in [-0.4, -0.2) is 34.5 Å². The molecule has 118 valence electrons. The van der Waals surface area contributed by atoms with Crippen molar-refractivity contribution in [3.05, 3.63) is 0 Å². The first-order valence-electron chi connectivity index (χ1n) is 8.16. The molecule has 4 heteroatoms. The van der Waals surface area contributed by atoms with Gasteiger partial charge in [-0.2, -0.15) is 0 Å². The van der Waals surface area contributed by atoms with Gasteiger partial charge in [-0.05, 0) is 37.0 Å². The van der Waals surface area contributed by atoms with Crippen molar-refractivity contribution < 1.29 is 9.59 Å². The maximum absolute atomic E-state index is 13.3. The van der Waals surface area contributed by atoms with Crippen LogP contribution in [-0.2, 0) is 9.59 Å². The maximum atomic E-state index is 13.3. The Morgan fingerprint density at radius 1 is 1.19 bits per heavy atom. The topological polar surface area (TPSA) is 37.4 Å². The number of carbonyl (C=O) groups excluding carboxylic acids is 2. The smallest absolute Gasteiger partial charge is 0.230 e. The second-order valence-corrected chi connectivity index (χ2v) is 9.05. The van der Waals surface area contributed by atoms with Crippen molar-refractivity contribution in [3.63, 3.8) is 0 Å². The van der Waals surface area contributed by atoms with E-state index in [2.05, 4.69) is 43.6 Å². The van der Waals surface area contributed by atoms with Crippen LogP contribution in [0.4, 0.5) is 0 Å². The van der Waals surface area contributed by atoms with Crippen LogP contribution in [0, 0.1) is 22.2 Å². The third-order valence-corrected chi connectivity index (χ3v) is 8.37. The number of amides is 1. The summed E-state index contributed by atoms with van der Waals surface area (Å²) in [5.41, 5.74) is -1.18. The van der Waals surface area contributed by atoms with Gasteiger partial charge in [-0.25, -0.2) is 0 Å². The minimum Gasteiger partial charge on any atom is -0.342 e. The summed E-state index contributed by atoms with van der Waals surface area (Å²) in [4.78, 5) is 27.8. The van der Waals surface area contributed by atoms with Gasteiger partial charge >= 0.3 is 0 Å². The predicted octanol–water partition coefficient (Wildman–Crippen LogP) is 3.40. The Morgan fingerprint density at radius 3 is 2.24 bits per heavy atom. The van der Waals surface area contributed by atoms with Gasteiger partial charge < -0.3 is 4.90 Å². The summed E-state index contributed by atoms with van der Waals surface area (Å²) >= 11 is 3.61. The zero-order valence-corrected chi connectivity index (χ0v) is 15.1. The summed E-state index contributed by atoms with van der Waals surface area (Å²) < 4.78 is 0. The lowest BCUT2D eigenvalue weighted by Gasteiger charge is -2.44. The van der Waals surface area contributed by atoms with E-state index in [-0.39, 0.29) is 27.3 Å². The van der Waals surface area contributed by atoms with Crippen LogP contribution in [0.1, 0.15) is 53.4 Å². The van der Waals surface area contributed by atoms with E-state index in [1.807, 2.05) is 4.90 Å². The lowest BCUT2D eigenvalue weighted by atomic mass is 9.64. The van der Waals surface area contributed by atoms with Gasteiger partial charge in [0.15, 0.2) is 5.78 Å². The highest BCUT2D eigenvalue weighted by Crippen LogP contribution is 2.72. The van der Waals surface area contributed by atoms with Gasteiger partial charge in [0.25, 0.3) is 0 Å². The number of alkyl halides is 1. The first-order chi connectivity index (χ1) is 9.68. The Bertz CT molecular complexity index is 495. The fourth-order valence-electron chi connectivity index (χ4n) is 4.92. The number of Topliss-reactive ketones (excluding diaryl/α,β-unsaturated/α-hetero) is 1. The molecule has 0 spiro atoms. The number of rotatable bonds is 1. The Kier molecular flexibility index (Phi) is 3.37. The molecule has 1 aliphatic heterocycles. The minimum absolute atomic E-state index is 0.218. The van der Waals surface area contributed by atoms with E-state index in [1.165, 1.54) is 0 Å². The van der Waals surface area contributed by atoms with Crippen LogP contribution in [0.25, 0.3) is 0 Å². The number of halogens is 1. The zero-order valence-electron chi connectivity index (χ0n) is 13.5. The van der Waals surface area contributed by atoms with Crippen molar-refractivity contribution >= 4 is 27.6 Å². The van der Waals surface area contributed by atoms with E-state index < -0.39 is 5.41 Å². The maximum Gasteiger partial charge on any atom is 0.230 e. The molecule has 1 heterocycles. The van der Waals surface area contributed by atoms with E-state index in [4.69, 9.17) is 0 Å². The summed E-state index contributed by atoms with van der Waals surface area (Å²) in [6.45, 7) is 10.3. The molecule has 2 aliphatic carbocycles. The summed E-state index contributed by atoms with van der Waals surface area (Å²) in [7, 11) is 0. The first kappa shape index (κ1) is 15.5. The Labute approximate surface area is 136 Å². The number of fused-ring (bicyclic) bond motifs is 2. The van der Waals surface area contributed by atoms with Crippen LogP contribution in [0.3, 0.4) is 0 Å². The van der Waals surface area contributed by atoms with Crippen LogP contribution in [0.5, 0.6) is 0 Å². The molecule has 3 nitrogen and oxygen atoms in total. The SMILES string of the molecule is CC1CCN(C(=O)[C@@]23CC[C@@](C)(C(=O)[C@@H]2Br)C3(C)C)CC1. The van der Waals surface area contributed by atoms with Crippen molar-refractivity contribution in [1.29, 1.82) is 0 Å². The second-order valence-electron chi connectivity index (χ2n) is 8.13. The Balaban J connectivity index is 1.96. The van der Waals surface area contributed by atoms with Gasteiger partial charge in [0.05, 0.1) is 10.2 Å². The normalized spacial score (nSPS) is 42.6. The zero-order chi connectivity index (χ0) is 15.6. The van der Waals surface area contributed by atoms with Gasteiger partial charge in [-0.3, -0.25) is 9.59 Å².